The lowest BCUT2D eigenvalue weighted by molar-refractivity contribution is -0.0577. The SMILES string of the molecule is CC1COC(c2cccc(Cl)c2)CN1CC1=CCCOC1. The number of hydrogen-bond acceptors (Lipinski definition) is 3. The summed E-state index contributed by atoms with van der Waals surface area (Å²) in [6.45, 7) is 6.48. The summed E-state index contributed by atoms with van der Waals surface area (Å²) in [6, 6.07) is 8.42. The van der Waals surface area contributed by atoms with Gasteiger partial charge in [0.25, 0.3) is 0 Å². The maximum absolute atomic E-state index is 6.09. The quantitative estimate of drug-likeness (QED) is 0.798. The van der Waals surface area contributed by atoms with E-state index in [0.717, 1.165) is 49.9 Å². The van der Waals surface area contributed by atoms with Gasteiger partial charge >= 0.3 is 0 Å². The van der Waals surface area contributed by atoms with Gasteiger partial charge in [0.05, 0.1) is 25.9 Å². The first-order valence-electron chi connectivity index (χ1n) is 7.59. The minimum absolute atomic E-state index is 0.102. The van der Waals surface area contributed by atoms with Crippen LogP contribution in [-0.4, -0.2) is 43.9 Å². The standard InChI is InChI=1S/C17H22ClNO2/c1-13-11-21-17(15-5-2-6-16(18)8-15)10-19(13)9-14-4-3-7-20-12-14/h2,4-6,8,13,17H,3,7,9-12H2,1H3. The van der Waals surface area contributed by atoms with Crippen molar-refractivity contribution in [3.8, 4) is 0 Å². The summed E-state index contributed by atoms with van der Waals surface area (Å²) in [6.07, 6.45) is 3.45. The molecule has 0 aromatic heterocycles. The summed E-state index contributed by atoms with van der Waals surface area (Å²) in [5, 5.41) is 0.768. The van der Waals surface area contributed by atoms with Crippen LogP contribution in [0.25, 0.3) is 0 Å². The Labute approximate surface area is 131 Å². The van der Waals surface area contributed by atoms with E-state index in [1.165, 1.54) is 5.57 Å². The molecule has 1 saturated heterocycles. The second-order valence-corrected chi connectivity index (χ2v) is 6.30. The molecule has 0 saturated carbocycles. The molecule has 1 aromatic carbocycles. The lowest BCUT2D eigenvalue weighted by Gasteiger charge is -2.39. The van der Waals surface area contributed by atoms with E-state index in [2.05, 4.69) is 24.0 Å². The number of rotatable bonds is 3. The molecule has 0 amide bonds. The molecule has 2 aliphatic rings. The highest BCUT2D eigenvalue weighted by Crippen LogP contribution is 2.27. The van der Waals surface area contributed by atoms with Crippen LogP contribution >= 0.6 is 11.6 Å². The maximum Gasteiger partial charge on any atom is 0.0953 e. The van der Waals surface area contributed by atoms with E-state index in [1.807, 2.05) is 18.2 Å². The van der Waals surface area contributed by atoms with Crippen molar-refractivity contribution in [2.75, 3.05) is 32.9 Å². The van der Waals surface area contributed by atoms with E-state index in [-0.39, 0.29) is 6.10 Å². The molecule has 0 bridgehead atoms. The summed E-state index contributed by atoms with van der Waals surface area (Å²) in [4.78, 5) is 2.48. The predicted molar refractivity (Wildman–Crippen MR) is 84.7 cm³/mol. The zero-order chi connectivity index (χ0) is 14.7. The highest BCUT2D eigenvalue weighted by atomic mass is 35.5. The van der Waals surface area contributed by atoms with Gasteiger partial charge in [-0.1, -0.05) is 29.8 Å². The summed E-state index contributed by atoms with van der Waals surface area (Å²) >= 11 is 6.09. The molecule has 2 heterocycles. The zero-order valence-electron chi connectivity index (χ0n) is 12.4. The molecule has 21 heavy (non-hydrogen) atoms. The first-order valence-corrected chi connectivity index (χ1v) is 7.97. The third kappa shape index (κ3) is 3.86. The normalized spacial score (nSPS) is 27.4. The van der Waals surface area contributed by atoms with E-state index in [1.54, 1.807) is 0 Å². The van der Waals surface area contributed by atoms with E-state index in [4.69, 9.17) is 21.1 Å². The van der Waals surface area contributed by atoms with Crippen LogP contribution in [0, 0.1) is 0 Å². The molecule has 4 heteroatoms. The first-order chi connectivity index (χ1) is 10.2. The third-order valence-electron chi connectivity index (χ3n) is 4.17. The summed E-state index contributed by atoms with van der Waals surface area (Å²) in [7, 11) is 0. The van der Waals surface area contributed by atoms with Crippen LogP contribution in [0.1, 0.15) is 25.0 Å². The van der Waals surface area contributed by atoms with Crippen molar-refractivity contribution in [1.29, 1.82) is 0 Å². The molecule has 3 rings (SSSR count). The van der Waals surface area contributed by atoms with Gasteiger partial charge < -0.3 is 9.47 Å². The van der Waals surface area contributed by atoms with E-state index in [9.17, 15) is 0 Å². The Bertz CT molecular complexity index is 517. The number of morpholine rings is 1. The van der Waals surface area contributed by atoms with Gasteiger partial charge in [-0.25, -0.2) is 0 Å². The van der Waals surface area contributed by atoms with Gasteiger partial charge in [0.15, 0.2) is 0 Å². The van der Waals surface area contributed by atoms with Gasteiger partial charge in [-0.15, -0.1) is 0 Å². The molecule has 0 spiro atoms. The molecule has 1 fully saturated rings. The third-order valence-corrected chi connectivity index (χ3v) is 4.41. The largest absolute Gasteiger partial charge is 0.377 e. The molecular weight excluding hydrogens is 286 g/mol. The number of nitrogens with zero attached hydrogens (tertiary/aromatic N) is 1. The Morgan fingerprint density at radius 2 is 2.29 bits per heavy atom. The second kappa shape index (κ2) is 6.93. The monoisotopic (exact) mass is 307 g/mol. The van der Waals surface area contributed by atoms with Crippen LogP contribution in [0.15, 0.2) is 35.9 Å². The van der Waals surface area contributed by atoms with E-state index in [0.29, 0.717) is 6.04 Å². The van der Waals surface area contributed by atoms with Crippen LogP contribution in [0.3, 0.4) is 0 Å². The minimum atomic E-state index is 0.102. The summed E-state index contributed by atoms with van der Waals surface area (Å²) in [5.74, 6) is 0. The van der Waals surface area contributed by atoms with E-state index < -0.39 is 0 Å². The minimum Gasteiger partial charge on any atom is -0.377 e. The van der Waals surface area contributed by atoms with Gasteiger partial charge in [0.1, 0.15) is 0 Å². The molecule has 114 valence electrons. The zero-order valence-corrected chi connectivity index (χ0v) is 13.2. The molecule has 2 atom stereocenters. The Kier molecular flexibility index (Phi) is 4.96. The van der Waals surface area contributed by atoms with Crippen molar-refractivity contribution in [2.45, 2.75) is 25.5 Å². The molecule has 1 aromatic rings. The van der Waals surface area contributed by atoms with Crippen LogP contribution < -0.4 is 0 Å². The average molecular weight is 308 g/mol. The Morgan fingerprint density at radius 3 is 3.05 bits per heavy atom. The van der Waals surface area contributed by atoms with Crippen LogP contribution in [-0.2, 0) is 9.47 Å². The molecule has 2 aliphatic heterocycles. The summed E-state index contributed by atoms with van der Waals surface area (Å²) < 4.78 is 11.5. The van der Waals surface area contributed by atoms with Crippen molar-refractivity contribution < 1.29 is 9.47 Å². The lowest BCUT2D eigenvalue weighted by Crippen LogP contribution is -2.46. The number of hydrogen-bond donors (Lipinski definition) is 0. The number of halogens is 1. The predicted octanol–water partition coefficient (Wildman–Crippen LogP) is 3.45. The van der Waals surface area contributed by atoms with Crippen molar-refractivity contribution in [2.24, 2.45) is 0 Å². The molecular formula is C17H22ClNO2. The Balaban J connectivity index is 1.68. The fourth-order valence-electron chi connectivity index (χ4n) is 2.91. The lowest BCUT2D eigenvalue weighted by atomic mass is 10.0. The van der Waals surface area contributed by atoms with Crippen LogP contribution in [0.5, 0.6) is 0 Å². The van der Waals surface area contributed by atoms with Gasteiger partial charge in [-0.05, 0) is 36.6 Å². The van der Waals surface area contributed by atoms with Gasteiger partial charge in [-0.3, -0.25) is 4.90 Å². The molecule has 0 radical (unpaired) electrons. The van der Waals surface area contributed by atoms with Gasteiger partial charge in [-0.2, -0.15) is 0 Å². The van der Waals surface area contributed by atoms with E-state index >= 15 is 0 Å². The Hall–Kier alpha value is -0.870. The van der Waals surface area contributed by atoms with Crippen molar-refractivity contribution in [1.82, 2.24) is 4.90 Å². The van der Waals surface area contributed by atoms with Crippen molar-refractivity contribution in [3.05, 3.63) is 46.5 Å². The van der Waals surface area contributed by atoms with Gasteiger partial charge in [0.2, 0.25) is 0 Å². The Morgan fingerprint density at radius 1 is 1.38 bits per heavy atom. The summed E-state index contributed by atoms with van der Waals surface area (Å²) in [5.41, 5.74) is 2.55. The number of benzene rings is 1. The molecule has 3 nitrogen and oxygen atoms in total. The average Bonchev–Trinajstić information content (AvgIpc) is 2.50. The fourth-order valence-corrected chi connectivity index (χ4v) is 3.11. The molecule has 0 N–H and O–H groups in total. The smallest absolute Gasteiger partial charge is 0.0953 e. The highest BCUT2D eigenvalue weighted by Gasteiger charge is 2.27. The highest BCUT2D eigenvalue weighted by molar-refractivity contribution is 6.30. The van der Waals surface area contributed by atoms with Crippen LogP contribution in [0.4, 0.5) is 0 Å². The fraction of sp³-hybridized carbons (Fsp3) is 0.529. The topological polar surface area (TPSA) is 21.7 Å². The first kappa shape index (κ1) is 15.0. The molecule has 2 unspecified atom stereocenters. The number of ether oxygens (including phenoxy) is 2. The van der Waals surface area contributed by atoms with Crippen molar-refractivity contribution >= 4 is 11.6 Å². The molecule has 0 aliphatic carbocycles. The van der Waals surface area contributed by atoms with Crippen molar-refractivity contribution in [3.63, 3.8) is 0 Å². The second-order valence-electron chi connectivity index (χ2n) is 5.86. The maximum atomic E-state index is 6.09. The van der Waals surface area contributed by atoms with Gasteiger partial charge in [0, 0.05) is 24.2 Å². The van der Waals surface area contributed by atoms with Crippen LogP contribution in [0.2, 0.25) is 5.02 Å².